The molecule has 0 saturated carbocycles. The quantitative estimate of drug-likeness (QED) is 0.161. The average Bonchev–Trinajstić information content (AvgIpc) is 2.50. The van der Waals surface area contributed by atoms with Crippen LogP contribution in [0.5, 0.6) is 0 Å². The summed E-state index contributed by atoms with van der Waals surface area (Å²) in [5.74, 6) is 0. The Balaban J connectivity index is 4.58. The monoisotopic (exact) mass is 470 g/mol. The summed E-state index contributed by atoms with van der Waals surface area (Å²) in [6.45, 7) is 31.3. The summed E-state index contributed by atoms with van der Waals surface area (Å²) in [7, 11) is -4.51. The zero-order valence-electron chi connectivity index (χ0n) is 22.8. The molecular weight excluding hydrogens is 417 g/mol. The fourth-order valence-corrected chi connectivity index (χ4v) is 5.98. The van der Waals surface area contributed by atoms with E-state index in [1.165, 1.54) is 25.7 Å². The third-order valence-corrected chi connectivity index (χ3v) is 16.8. The third-order valence-electron chi connectivity index (χ3n) is 6.69. The van der Waals surface area contributed by atoms with Crippen LogP contribution in [-0.4, -0.2) is 31.3 Å². The van der Waals surface area contributed by atoms with E-state index in [-0.39, 0.29) is 5.04 Å². The molecule has 0 aliphatic rings. The highest BCUT2D eigenvalue weighted by atomic mass is 28.4. The topological polar surface area (TPSA) is 18.5 Å². The van der Waals surface area contributed by atoms with Crippen molar-refractivity contribution in [1.82, 2.24) is 0 Å². The molecule has 30 heavy (non-hydrogen) atoms. The van der Waals surface area contributed by atoms with Crippen LogP contribution >= 0.6 is 0 Å². The van der Waals surface area contributed by atoms with Crippen molar-refractivity contribution < 1.29 is 8.85 Å². The highest BCUT2D eigenvalue weighted by molar-refractivity contribution is 6.81. The van der Waals surface area contributed by atoms with Crippen LogP contribution in [0.2, 0.25) is 55.9 Å². The van der Waals surface area contributed by atoms with Crippen molar-refractivity contribution in [2.24, 2.45) is 0 Å². The van der Waals surface area contributed by atoms with Crippen molar-refractivity contribution >= 4 is 24.7 Å². The Hall–Kier alpha value is -0.109. The number of hydrogen-bond donors (Lipinski definition) is 0. The Morgan fingerprint density at radius 3 is 1.73 bits per heavy atom. The minimum absolute atomic E-state index is 0.251. The van der Waals surface area contributed by atoms with Crippen LogP contribution < -0.4 is 0 Å². The molecule has 0 rings (SSSR count). The summed E-state index contributed by atoms with van der Waals surface area (Å²) in [5, 5.41) is 0.555. The van der Waals surface area contributed by atoms with E-state index in [2.05, 4.69) is 99.1 Å². The fourth-order valence-electron chi connectivity index (χ4n) is 2.61. The third kappa shape index (κ3) is 12.1. The highest BCUT2D eigenvalue weighted by Gasteiger charge is 2.38. The first kappa shape index (κ1) is 29.9. The molecule has 0 bridgehead atoms. The molecule has 0 aromatic carbocycles. The van der Waals surface area contributed by atoms with Crippen molar-refractivity contribution in [2.75, 3.05) is 6.61 Å². The molecule has 0 unspecified atom stereocenters. The van der Waals surface area contributed by atoms with Gasteiger partial charge in [-0.25, -0.2) is 0 Å². The van der Waals surface area contributed by atoms with Gasteiger partial charge < -0.3 is 8.85 Å². The molecule has 0 heterocycles. The lowest BCUT2D eigenvalue weighted by Gasteiger charge is -2.36. The minimum atomic E-state index is -1.70. The van der Waals surface area contributed by atoms with E-state index in [1.54, 1.807) is 5.57 Å². The standard InChI is InChI=1S/C25H54O2Si3/c1-24(2,3)29(10,11)26-20-16-14-15-18-23(22-28(7,8)9)19-17-21-27-30(12,13)25(4,5)6/h17,21-22H,14-16,18-20H2,1-13H3/b21-17+,23-22+. The van der Waals surface area contributed by atoms with E-state index in [9.17, 15) is 0 Å². The van der Waals surface area contributed by atoms with Gasteiger partial charge in [0.05, 0.1) is 14.3 Å². The van der Waals surface area contributed by atoms with Gasteiger partial charge in [0.15, 0.2) is 8.32 Å². The summed E-state index contributed by atoms with van der Waals surface area (Å²) in [6.07, 6.45) is 10.1. The molecule has 0 amide bonds. The molecule has 0 aromatic heterocycles. The normalized spacial score (nSPS) is 15.2. The lowest BCUT2D eigenvalue weighted by Crippen LogP contribution is -2.40. The molecule has 0 spiro atoms. The predicted molar refractivity (Wildman–Crippen MR) is 145 cm³/mol. The van der Waals surface area contributed by atoms with E-state index in [4.69, 9.17) is 8.85 Å². The predicted octanol–water partition coefficient (Wildman–Crippen LogP) is 9.30. The van der Waals surface area contributed by atoms with Crippen LogP contribution in [0.25, 0.3) is 0 Å². The Kier molecular flexibility index (Phi) is 11.6. The van der Waals surface area contributed by atoms with E-state index in [1.807, 2.05) is 6.26 Å². The van der Waals surface area contributed by atoms with Gasteiger partial charge in [0.2, 0.25) is 8.32 Å². The van der Waals surface area contributed by atoms with E-state index in [0.29, 0.717) is 5.04 Å². The molecule has 0 atom stereocenters. The number of hydrogen-bond acceptors (Lipinski definition) is 2. The summed E-state index contributed by atoms with van der Waals surface area (Å²) in [4.78, 5) is 0. The summed E-state index contributed by atoms with van der Waals surface area (Å²) >= 11 is 0. The lowest BCUT2D eigenvalue weighted by molar-refractivity contribution is 0.278. The second-order valence-corrected chi connectivity index (χ2v) is 27.6. The van der Waals surface area contributed by atoms with Crippen molar-refractivity contribution in [3.05, 3.63) is 23.6 Å². The Morgan fingerprint density at radius 1 is 0.733 bits per heavy atom. The number of allylic oxidation sites excluding steroid dienone is 2. The first-order valence-electron chi connectivity index (χ1n) is 12.0. The van der Waals surface area contributed by atoms with Crippen molar-refractivity contribution in [3.8, 4) is 0 Å². The molecular formula is C25H54O2Si3. The molecule has 0 N–H and O–H groups in total. The second-order valence-electron chi connectivity index (χ2n) is 13.0. The molecule has 2 nitrogen and oxygen atoms in total. The largest absolute Gasteiger partial charge is 0.549 e. The maximum atomic E-state index is 6.33. The van der Waals surface area contributed by atoms with E-state index < -0.39 is 24.7 Å². The van der Waals surface area contributed by atoms with Gasteiger partial charge in [-0.2, -0.15) is 0 Å². The molecule has 0 aromatic rings. The van der Waals surface area contributed by atoms with Crippen LogP contribution in [0.3, 0.4) is 0 Å². The SMILES string of the molecule is CC(C)(C)[Si](C)(C)O/C=C/C/C(=C/[Si](C)(C)C)CCCCCO[Si](C)(C)C(C)(C)C. The zero-order chi connectivity index (χ0) is 23.9. The molecule has 0 saturated heterocycles. The molecule has 0 aliphatic heterocycles. The summed E-state index contributed by atoms with van der Waals surface area (Å²) in [5.41, 5.74) is 4.19. The van der Waals surface area contributed by atoms with Crippen molar-refractivity contribution in [2.45, 2.75) is 130 Å². The van der Waals surface area contributed by atoms with Crippen LogP contribution in [-0.2, 0) is 8.85 Å². The van der Waals surface area contributed by atoms with Gasteiger partial charge >= 0.3 is 0 Å². The fraction of sp³-hybridized carbons (Fsp3) is 0.840. The second kappa shape index (κ2) is 11.7. The maximum absolute atomic E-state index is 6.33. The number of unbranched alkanes of at least 4 members (excludes halogenated alkanes) is 2. The van der Waals surface area contributed by atoms with Crippen LogP contribution in [0, 0.1) is 0 Å². The van der Waals surface area contributed by atoms with Crippen LogP contribution in [0.4, 0.5) is 0 Å². The van der Waals surface area contributed by atoms with Crippen LogP contribution in [0.1, 0.15) is 73.6 Å². The van der Waals surface area contributed by atoms with Crippen molar-refractivity contribution in [3.63, 3.8) is 0 Å². The van der Waals surface area contributed by atoms with Gasteiger partial charge in [-0.15, -0.1) is 0 Å². The molecule has 0 radical (unpaired) electrons. The average molecular weight is 471 g/mol. The molecule has 0 fully saturated rings. The van der Waals surface area contributed by atoms with Gasteiger partial charge in [-0.3, -0.25) is 0 Å². The van der Waals surface area contributed by atoms with Gasteiger partial charge in [0.25, 0.3) is 0 Å². The first-order valence-corrected chi connectivity index (χ1v) is 21.4. The lowest BCUT2D eigenvalue weighted by atomic mass is 10.1. The van der Waals surface area contributed by atoms with E-state index >= 15 is 0 Å². The van der Waals surface area contributed by atoms with Gasteiger partial charge in [0, 0.05) is 6.61 Å². The smallest absolute Gasteiger partial charge is 0.249 e. The number of rotatable bonds is 12. The Morgan fingerprint density at radius 2 is 1.27 bits per heavy atom. The highest BCUT2D eigenvalue weighted by Crippen LogP contribution is 2.37. The minimum Gasteiger partial charge on any atom is -0.549 e. The van der Waals surface area contributed by atoms with Gasteiger partial charge in [0.1, 0.15) is 0 Å². The van der Waals surface area contributed by atoms with Crippen LogP contribution in [0.15, 0.2) is 23.6 Å². The van der Waals surface area contributed by atoms with Crippen molar-refractivity contribution in [1.29, 1.82) is 0 Å². The molecule has 178 valence electrons. The summed E-state index contributed by atoms with van der Waals surface area (Å²) < 4.78 is 12.5. The Labute approximate surface area is 193 Å². The maximum Gasteiger partial charge on any atom is 0.249 e. The first-order chi connectivity index (χ1) is 13.3. The molecule has 0 aliphatic carbocycles. The summed E-state index contributed by atoms with van der Waals surface area (Å²) in [6, 6.07) is 0. The molecule has 5 heteroatoms. The van der Waals surface area contributed by atoms with Gasteiger partial charge in [-0.1, -0.05) is 78.9 Å². The van der Waals surface area contributed by atoms with Gasteiger partial charge in [-0.05, 0) is 68.0 Å². The Bertz CT molecular complexity index is 556. The van der Waals surface area contributed by atoms with E-state index in [0.717, 1.165) is 13.0 Å². The zero-order valence-corrected chi connectivity index (χ0v) is 25.8.